The van der Waals surface area contributed by atoms with E-state index in [1.165, 1.54) is 0 Å². The zero-order valence-electron chi connectivity index (χ0n) is 24.9. The Morgan fingerprint density at radius 1 is 1.07 bits per heavy atom. The largest absolute Gasteiger partial charge is 0.377 e. The van der Waals surface area contributed by atoms with Crippen LogP contribution in [0.15, 0.2) is 56.9 Å². The van der Waals surface area contributed by atoms with Crippen molar-refractivity contribution in [3.63, 3.8) is 0 Å². The van der Waals surface area contributed by atoms with Crippen LogP contribution in [0.2, 0.25) is 0 Å². The molecule has 2 aliphatic rings. The molecule has 0 unspecified atom stereocenters. The summed E-state index contributed by atoms with van der Waals surface area (Å²) in [6.45, 7) is 8.75. The summed E-state index contributed by atoms with van der Waals surface area (Å²) in [5.74, 6) is 1.73. The third-order valence-electron chi connectivity index (χ3n) is 8.32. The maximum absolute atomic E-state index is 13.7. The Kier molecular flexibility index (Phi) is 8.84. The van der Waals surface area contributed by atoms with Crippen molar-refractivity contribution >= 4 is 27.6 Å². The lowest BCUT2D eigenvalue weighted by atomic mass is 9.97. The van der Waals surface area contributed by atoms with Gasteiger partial charge in [-0.25, -0.2) is 8.42 Å². The second-order valence-electron chi connectivity index (χ2n) is 11.2. The molecule has 2 heterocycles. The average molecular weight is 593 g/mol. The van der Waals surface area contributed by atoms with E-state index in [-0.39, 0.29) is 23.2 Å². The first kappa shape index (κ1) is 30.0. The molecule has 1 aliphatic heterocycles. The van der Waals surface area contributed by atoms with E-state index >= 15 is 0 Å². The topological polar surface area (TPSA) is 114 Å². The summed E-state index contributed by atoms with van der Waals surface area (Å²) in [5, 5.41) is 3.89. The molecule has 2 aromatic carbocycles. The number of anilines is 1. The first-order chi connectivity index (χ1) is 20.2. The van der Waals surface area contributed by atoms with E-state index in [0.29, 0.717) is 30.0 Å². The molecular formula is C32H40N4O5S. The highest BCUT2D eigenvalue weighted by Crippen LogP contribution is 2.40. The number of aromatic nitrogens is 1. The van der Waals surface area contributed by atoms with Gasteiger partial charge in [-0.3, -0.25) is 19.4 Å². The van der Waals surface area contributed by atoms with Gasteiger partial charge >= 0.3 is 0 Å². The first-order valence-electron chi connectivity index (χ1n) is 14.8. The number of hydrogen-bond donors (Lipinski definition) is 1. The SMILES string of the molecule is CCCCC1=NC2(CCCC2)C(=O)N1Cc1ccc(-c2c(COCC)cccc2S(=O)(=O)Nc2noc(C)c2C)cc1. The smallest absolute Gasteiger partial charge is 0.263 e. The number of carbonyl (C=O) groups excluding carboxylic acids is 1. The minimum Gasteiger partial charge on any atom is -0.377 e. The second kappa shape index (κ2) is 12.4. The van der Waals surface area contributed by atoms with Gasteiger partial charge in [0.1, 0.15) is 17.1 Å². The number of carbonyl (C=O) groups is 1. The van der Waals surface area contributed by atoms with Crippen molar-refractivity contribution in [3.8, 4) is 11.1 Å². The predicted molar refractivity (Wildman–Crippen MR) is 163 cm³/mol. The van der Waals surface area contributed by atoms with Crippen LogP contribution in [-0.4, -0.2) is 42.4 Å². The summed E-state index contributed by atoms with van der Waals surface area (Å²) in [6.07, 6.45) is 6.56. The molecule has 42 heavy (non-hydrogen) atoms. The van der Waals surface area contributed by atoms with Gasteiger partial charge in [-0.1, -0.05) is 67.7 Å². The van der Waals surface area contributed by atoms with Crippen LogP contribution in [0.25, 0.3) is 11.1 Å². The molecule has 224 valence electrons. The number of nitrogens with one attached hydrogen (secondary N) is 1. The standard InChI is InChI=1S/C32H40N4O5S/c1-5-7-13-28-33-32(18-8-9-19-32)31(37)36(28)20-24-14-16-25(17-15-24)29-26(21-40-6-2)11-10-12-27(29)42(38,39)35-30-22(3)23(4)41-34-30/h10-12,14-17H,5-9,13,18-21H2,1-4H3,(H,34,35). The molecule has 1 fully saturated rings. The number of ether oxygens (including phenoxy) is 1. The number of sulfonamides is 1. The number of benzene rings is 2. The normalized spacial score (nSPS) is 16.4. The van der Waals surface area contributed by atoms with Crippen molar-refractivity contribution in [2.45, 2.75) is 96.2 Å². The Bertz CT molecular complexity index is 1570. The minimum absolute atomic E-state index is 0.120. The lowest BCUT2D eigenvalue weighted by Crippen LogP contribution is -2.40. The minimum atomic E-state index is -4.01. The van der Waals surface area contributed by atoms with Crippen LogP contribution >= 0.6 is 0 Å². The summed E-state index contributed by atoms with van der Waals surface area (Å²) in [4.78, 5) is 20.6. The molecule has 10 heteroatoms. The highest BCUT2D eigenvalue weighted by molar-refractivity contribution is 7.92. The van der Waals surface area contributed by atoms with E-state index in [1.54, 1.807) is 26.0 Å². The Morgan fingerprint density at radius 3 is 2.45 bits per heavy atom. The number of hydrogen-bond acceptors (Lipinski definition) is 7. The Hall–Kier alpha value is -3.50. The highest BCUT2D eigenvalue weighted by Gasteiger charge is 2.49. The first-order valence-corrected chi connectivity index (χ1v) is 16.3. The van der Waals surface area contributed by atoms with Crippen LogP contribution in [0, 0.1) is 13.8 Å². The summed E-state index contributed by atoms with van der Waals surface area (Å²) >= 11 is 0. The van der Waals surface area contributed by atoms with Crippen molar-refractivity contribution in [3.05, 3.63) is 64.9 Å². The molecule has 9 nitrogen and oxygen atoms in total. The number of rotatable bonds is 12. The van der Waals surface area contributed by atoms with Crippen molar-refractivity contribution < 1.29 is 22.5 Å². The maximum atomic E-state index is 13.7. The zero-order chi connectivity index (χ0) is 29.9. The number of amidine groups is 1. The summed E-state index contributed by atoms with van der Waals surface area (Å²) in [6, 6.07) is 12.9. The summed E-state index contributed by atoms with van der Waals surface area (Å²) in [7, 11) is -4.01. The van der Waals surface area contributed by atoms with Crippen molar-refractivity contribution in [2.24, 2.45) is 4.99 Å². The molecule has 1 aromatic heterocycles. The van der Waals surface area contributed by atoms with Crippen LogP contribution in [0.5, 0.6) is 0 Å². The lowest BCUT2D eigenvalue weighted by molar-refractivity contribution is -0.131. The van der Waals surface area contributed by atoms with Crippen LogP contribution in [0.1, 0.15) is 81.2 Å². The van der Waals surface area contributed by atoms with E-state index in [9.17, 15) is 13.2 Å². The van der Waals surface area contributed by atoms with Gasteiger partial charge in [-0.15, -0.1) is 0 Å². The quantitative estimate of drug-likeness (QED) is 0.255. The molecule has 1 saturated carbocycles. The fourth-order valence-electron chi connectivity index (χ4n) is 5.81. The molecule has 0 atom stereocenters. The third-order valence-corrected chi connectivity index (χ3v) is 9.70. The van der Waals surface area contributed by atoms with E-state index in [4.69, 9.17) is 14.3 Å². The summed E-state index contributed by atoms with van der Waals surface area (Å²) in [5.41, 5.74) is 3.08. The molecule has 1 amide bonds. The van der Waals surface area contributed by atoms with Gasteiger partial charge in [0.05, 0.1) is 18.0 Å². The monoisotopic (exact) mass is 592 g/mol. The maximum Gasteiger partial charge on any atom is 0.263 e. The summed E-state index contributed by atoms with van der Waals surface area (Å²) < 4.78 is 40.8. The Balaban J connectivity index is 1.46. The zero-order valence-corrected chi connectivity index (χ0v) is 25.7. The molecular weight excluding hydrogens is 552 g/mol. The Morgan fingerprint density at radius 2 is 1.81 bits per heavy atom. The van der Waals surface area contributed by atoms with E-state index in [0.717, 1.165) is 67.5 Å². The second-order valence-corrected chi connectivity index (χ2v) is 12.9. The Labute approximate surface area is 248 Å². The van der Waals surface area contributed by atoms with E-state index in [1.807, 2.05) is 42.2 Å². The number of aliphatic imine (C=N–C) groups is 1. The average Bonchev–Trinajstić information content (AvgIpc) is 3.66. The van der Waals surface area contributed by atoms with Gasteiger partial charge in [0.2, 0.25) is 0 Å². The van der Waals surface area contributed by atoms with Gasteiger partial charge in [0.25, 0.3) is 15.9 Å². The van der Waals surface area contributed by atoms with Gasteiger partial charge in [-0.05, 0) is 62.8 Å². The molecule has 0 radical (unpaired) electrons. The highest BCUT2D eigenvalue weighted by atomic mass is 32.2. The number of unbranched alkanes of at least 4 members (excludes halogenated alkanes) is 1. The van der Waals surface area contributed by atoms with Crippen LogP contribution in [0.3, 0.4) is 0 Å². The lowest BCUT2D eigenvalue weighted by Gasteiger charge is -2.23. The fraction of sp³-hybridized carbons (Fsp3) is 0.469. The number of aryl methyl sites for hydroxylation is 1. The molecule has 5 rings (SSSR count). The molecule has 1 spiro atoms. The van der Waals surface area contributed by atoms with Crippen molar-refractivity contribution in [1.29, 1.82) is 0 Å². The predicted octanol–water partition coefficient (Wildman–Crippen LogP) is 6.54. The third kappa shape index (κ3) is 5.87. The molecule has 3 aromatic rings. The van der Waals surface area contributed by atoms with E-state index in [2.05, 4.69) is 16.8 Å². The molecule has 0 bridgehead atoms. The van der Waals surface area contributed by atoms with Gasteiger partial charge in [-0.2, -0.15) is 0 Å². The van der Waals surface area contributed by atoms with Crippen LogP contribution < -0.4 is 4.72 Å². The molecule has 1 N–H and O–H groups in total. The van der Waals surface area contributed by atoms with Gasteiger partial charge < -0.3 is 9.26 Å². The molecule has 1 aliphatic carbocycles. The fourth-order valence-corrected chi connectivity index (χ4v) is 7.14. The van der Waals surface area contributed by atoms with Crippen LogP contribution in [0.4, 0.5) is 5.82 Å². The van der Waals surface area contributed by atoms with Crippen LogP contribution in [-0.2, 0) is 32.7 Å². The van der Waals surface area contributed by atoms with Crippen molar-refractivity contribution in [1.82, 2.24) is 10.1 Å². The van der Waals surface area contributed by atoms with Gasteiger partial charge in [0, 0.05) is 24.2 Å². The molecule has 0 saturated heterocycles. The van der Waals surface area contributed by atoms with Gasteiger partial charge in [0.15, 0.2) is 5.82 Å². The number of nitrogens with zero attached hydrogens (tertiary/aromatic N) is 3. The number of amides is 1. The van der Waals surface area contributed by atoms with Crippen molar-refractivity contribution in [2.75, 3.05) is 11.3 Å². The van der Waals surface area contributed by atoms with E-state index < -0.39 is 15.6 Å².